The van der Waals surface area contributed by atoms with Gasteiger partial charge in [0.25, 0.3) is 0 Å². The van der Waals surface area contributed by atoms with Crippen LogP contribution in [0.2, 0.25) is 0 Å². The molecule has 0 aliphatic carbocycles. The monoisotopic (exact) mass is 167 g/mol. The van der Waals surface area contributed by atoms with E-state index < -0.39 is 0 Å². The predicted molar refractivity (Wildman–Crippen MR) is 46.2 cm³/mol. The van der Waals surface area contributed by atoms with Crippen LogP contribution in [0.25, 0.3) is 0 Å². The molecule has 0 amide bonds. The van der Waals surface area contributed by atoms with Gasteiger partial charge in [-0.15, -0.1) is 0 Å². The lowest BCUT2D eigenvalue weighted by Crippen LogP contribution is -1.99. The van der Waals surface area contributed by atoms with E-state index in [4.69, 9.17) is 9.84 Å². The van der Waals surface area contributed by atoms with Crippen molar-refractivity contribution in [2.24, 2.45) is 0 Å². The highest BCUT2D eigenvalue weighted by molar-refractivity contribution is 5.34. The molecule has 1 rings (SSSR count). The molecule has 1 N–H and O–H groups in total. The molecule has 0 aliphatic rings. The van der Waals surface area contributed by atoms with Crippen molar-refractivity contribution in [3.63, 3.8) is 0 Å². The quantitative estimate of drug-likeness (QED) is 0.719. The van der Waals surface area contributed by atoms with Crippen molar-refractivity contribution in [3.8, 4) is 5.75 Å². The van der Waals surface area contributed by atoms with Gasteiger partial charge >= 0.3 is 0 Å². The van der Waals surface area contributed by atoms with Gasteiger partial charge < -0.3 is 9.84 Å². The highest BCUT2D eigenvalue weighted by Gasteiger charge is 2.05. The number of aliphatic hydroxyl groups excluding tert-OH is 1. The molecule has 0 spiro atoms. The zero-order valence-corrected chi connectivity index (χ0v) is 7.59. The average molecular weight is 167 g/mol. The van der Waals surface area contributed by atoms with Crippen LogP contribution in [-0.2, 0) is 6.61 Å². The molecule has 0 radical (unpaired) electrons. The van der Waals surface area contributed by atoms with Crippen LogP contribution in [0.1, 0.15) is 17.0 Å². The Kier molecular flexibility index (Phi) is 2.65. The Morgan fingerprint density at radius 2 is 2.17 bits per heavy atom. The van der Waals surface area contributed by atoms with Gasteiger partial charge in [0.05, 0.1) is 13.7 Å². The number of hydrogen-bond donors (Lipinski definition) is 1. The van der Waals surface area contributed by atoms with Gasteiger partial charge in [0.15, 0.2) is 0 Å². The van der Waals surface area contributed by atoms with Gasteiger partial charge in [-0.25, -0.2) is 0 Å². The number of ether oxygens (including phenoxy) is 1. The summed E-state index contributed by atoms with van der Waals surface area (Å²) in [5.41, 5.74) is 2.60. The van der Waals surface area contributed by atoms with Crippen LogP contribution < -0.4 is 4.74 Å². The maximum absolute atomic E-state index is 8.92. The van der Waals surface area contributed by atoms with Crippen LogP contribution in [0, 0.1) is 13.8 Å². The topological polar surface area (TPSA) is 42.4 Å². The summed E-state index contributed by atoms with van der Waals surface area (Å²) in [6.45, 7) is 3.80. The molecule has 0 fully saturated rings. The summed E-state index contributed by atoms with van der Waals surface area (Å²) in [6, 6.07) is 1.88. The summed E-state index contributed by atoms with van der Waals surface area (Å²) in [5.74, 6) is 0.653. The van der Waals surface area contributed by atoms with Crippen molar-refractivity contribution in [3.05, 3.63) is 23.0 Å². The first-order valence-electron chi connectivity index (χ1n) is 3.81. The second-order valence-corrected chi connectivity index (χ2v) is 2.70. The minimum atomic E-state index is -0.0791. The molecule has 0 atom stereocenters. The molecule has 12 heavy (non-hydrogen) atoms. The van der Waals surface area contributed by atoms with Crippen molar-refractivity contribution < 1.29 is 9.84 Å². The van der Waals surface area contributed by atoms with Crippen LogP contribution in [0.4, 0.5) is 0 Å². The number of aryl methyl sites for hydroxylation is 2. The van der Waals surface area contributed by atoms with E-state index in [2.05, 4.69) is 4.98 Å². The summed E-state index contributed by atoms with van der Waals surface area (Å²) in [4.78, 5) is 4.19. The van der Waals surface area contributed by atoms with E-state index in [9.17, 15) is 0 Å². The molecular formula is C9H13NO2. The number of aromatic nitrogens is 1. The minimum Gasteiger partial charge on any atom is -0.495 e. The third kappa shape index (κ3) is 1.56. The number of nitrogens with zero attached hydrogens (tertiary/aromatic N) is 1. The lowest BCUT2D eigenvalue weighted by molar-refractivity contribution is 0.267. The molecule has 1 aromatic rings. The largest absolute Gasteiger partial charge is 0.495 e. The summed E-state index contributed by atoms with van der Waals surface area (Å²) in [6.07, 6.45) is 0. The van der Waals surface area contributed by atoms with Crippen molar-refractivity contribution in [1.82, 2.24) is 4.98 Å². The lowest BCUT2D eigenvalue weighted by Gasteiger charge is -2.08. The van der Waals surface area contributed by atoms with Crippen LogP contribution in [0.3, 0.4) is 0 Å². The Labute approximate surface area is 72.0 Å². The van der Waals surface area contributed by atoms with Gasteiger partial charge in [-0.2, -0.15) is 0 Å². The number of rotatable bonds is 2. The molecule has 0 bridgehead atoms. The van der Waals surface area contributed by atoms with Gasteiger partial charge in [0, 0.05) is 5.69 Å². The Hall–Kier alpha value is -1.09. The highest BCUT2D eigenvalue weighted by atomic mass is 16.5. The van der Waals surface area contributed by atoms with Gasteiger partial charge in [-0.1, -0.05) is 0 Å². The van der Waals surface area contributed by atoms with Gasteiger partial charge in [0.1, 0.15) is 11.4 Å². The second kappa shape index (κ2) is 3.54. The normalized spacial score (nSPS) is 10.0. The van der Waals surface area contributed by atoms with Crippen LogP contribution in [0.5, 0.6) is 5.75 Å². The first-order chi connectivity index (χ1) is 5.69. The number of hydrogen-bond acceptors (Lipinski definition) is 3. The first kappa shape index (κ1) is 9.00. The minimum absolute atomic E-state index is 0.0791. The molecule has 0 saturated carbocycles. The van der Waals surface area contributed by atoms with Crippen molar-refractivity contribution >= 4 is 0 Å². The molecule has 1 aromatic heterocycles. The second-order valence-electron chi connectivity index (χ2n) is 2.70. The van der Waals surface area contributed by atoms with E-state index in [0.717, 1.165) is 11.3 Å². The van der Waals surface area contributed by atoms with Crippen LogP contribution >= 0.6 is 0 Å². The fourth-order valence-corrected chi connectivity index (χ4v) is 1.02. The van der Waals surface area contributed by atoms with Crippen molar-refractivity contribution in [2.75, 3.05) is 7.11 Å². The Morgan fingerprint density at radius 3 is 2.67 bits per heavy atom. The van der Waals surface area contributed by atoms with Gasteiger partial charge in [0.2, 0.25) is 0 Å². The molecule has 3 heteroatoms. The zero-order valence-electron chi connectivity index (χ0n) is 7.59. The molecule has 66 valence electrons. The van der Waals surface area contributed by atoms with Gasteiger partial charge in [-0.3, -0.25) is 4.98 Å². The van der Waals surface area contributed by atoms with E-state index >= 15 is 0 Å². The molecule has 0 aliphatic heterocycles. The molecule has 3 nitrogen and oxygen atoms in total. The molecule has 0 aromatic carbocycles. The molecular weight excluding hydrogens is 154 g/mol. The highest BCUT2D eigenvalue weighted by Crippen LogP contribution is 2.19. The summed E-state index contributed by atoms with van der Waals surface area (Å²) in [7, 11) is 1.57. The Bertz CT molecular complexity index is 255. The van der Waals surface area contributed by atoms with E-state index in [1.807, 2.05) is 19.9 Å². The van der Waals surface area contributed by atoms with E-state index in [-0.39, 0.29) is 6.61 Å². The molecule has 0 unspecified atom stereocenters. The summed E-state index contributed by atoms with van der Waals surface area (Å²) < 4.78 is 5.05. The summed E-state index contributed by atoms with van der Waals surface area (Å²) >= 11 is 0. The zero-order chi connectivity index (χ0) is 9.14. The van der Waals surface area contributed by atoms with Crippen molar-refractivity contribution in [1.29, 1.82) is 0 Å². The van der Waals surface area contributed by atoms with Crippen LogP contribution in [0.15, 0.2) is 6.07 Å². The van der Waals surface area contributed by atoms with E-state index in [1.165, 1.54) is 0 Å². The Balaban J connectivity index is 3.19. The standard InChI is InChI=1S/C9H13NO2/c1-6-4-9(12-3)8(5-11)10-7(6)2/h4,11H,5H2,1-3H3. The van der Waals surface area contributed by atoms with E-state index in [0.29, 0.717) is 11.4 Å². The van der Waals surface area contributed by atoms with Gasteiger partial charge in [-0.05, 0) is 25.5 Å². The number of aliphatic hydroxyl groups is 1. The fourth-order valence-electron chi connectivity index (χ4n) is 1.02. The maximum atomic E-state index is 8.92. The lowest BCUT2D eigenvalue weighted by atomic mass is 10.2. The number of methoxy groups -OCH3 is 1. The fraction of sp³-hybridized carbons (Fsp3) is 0.444. The third-order valence-corrected chi connectivity index (χ3v) is 1.88. The number of pyridine rings is 1. The SMILES string of the molecule is COc1cc(C)c(C)nc1CO. The maximum Gasteiger partial charge on any atom is 0.143 e. The average Bonchev–Trinajstić information content (AvgIpc) is 2.09. The van der Waals surface area contributed by atoms with Crippen LogP contribution in [-0.4, -0.2) is 17.2 Å². The Morgan fingerprint density at radius 1 is 1.50 bits per heavy atom. The molecule has 0 saturated heterocycles. The van der Waals surface area contributed by atoms with Crippen molar-refractivity contribution in [2.45, 2.75) is 20.5 Å². The third-order valence-electron chi connectivity index (χ3n) is 1.88. The summed E-state index contributed by atoms with van der Waals surface area (Å²) in [5, 5.41) is 8.92. The smallest absolute Gasteiger partial charge is 0.143 e. The first-order valence-corrected chi connectivity index (χ1v) is 3.81. The predicted octanol–water partition coefficient (Wildman–Crippen LogP) is 1.20. The van der Waals surface area contributed by atoms with E-state index in [1.54, 1.807) is 7.11 Å². The molecule has 1 heterocycles.